The van der Waals surface area contributed by atoms with Gasteiger partial charge in [0.05, 0.1) is 6.61 Å². The van der Waals surface area contributed by atoms with E-state index in [-0.39, 0.29) is 5.60 Å². The summed E-state index contributed by atoms with van der Waals surface area (Å²) in [6.07, 6.45) is 3.09. The van der Waals surface area contributed by atoms with Crippen molar-refractivity contribution in [3.8, 4) is 11.5 Å². The molecule has 1 aromatic rings. The maximum absolute atomic E-state index is 6.29. The van der Waals surface area contributed by atoms with Crippen molar-refractivity contribution in [2.75, 3.05) is 13.7 Å². The monoisotopic (exact) mass is 263 g/mol. The van der Waals surface area contributed by atoms with Crippen LogP contribution in [0.15, 0.2) is 18.2 Å². The standard InChI is InChI=1S/C16H25NO2/c1-5-16(6-2)11-14(17-4)13-10-12(18-7-3)8-9-15(13)19-16/h8-10,14,17H,5-7,11H2,1-4H3. The number of benzene rings is 1. The van der Waals surface area contributed by atoms with Gasteiger partial charge in [-0.25, -0.2) is 0 Å². The van der Waals surface area contributed by atoms with Crippen LogP contribution in [0, 0.1) is 0 Å². The van der Waals surface area contributed by atoms with Gasteiger partial charge in [0.25, 0.3) is 0 Å². The molecule has 19 heavy (non-hydrogen) atoms. The fourth-order valence-corrected chi connectivity index (χ4v) is 2.85. The van der Waals surface area contributed by atoms with E-state index in [0.717, 1.165) is 30.8 Å². The molecule has 0 radical (unpaired) electrons. The largest absolute Gasteiger partial charge is 0.494 e. The zero-order valence-corrected chi connectivity index (χ0v) is 12.5. The van der Waals surface area contributed by atoms with E-state index in [1.165, 1.54) is 5.56 Å². The van der Waals surface area contributed by atoms with Crippen molar-refractivity contribution >= 4 is 0 Å². The van der Waals surface area contributed by atoms with Crippen LogP contribution in [0.4, 0.5) is 0 Å². The summed E-state index contributed by atoms with van der Waals surface area (Å²) in [4.78, 5) is 0. The van der Waals surface area contributed by atoms with Gasteiger partial charge in [-0.1, -0.05) is 13.8 Å². The minimum Gasteiger partial charge on any atom is -0.494 e. The molecule has 106 valence electrons. The summed E-state index contributed by atoms with van der Waals surface area (Å²) < 4.78 is 11.9. The van der Waals surface area contributed by atoms with Gasteiger partial charge in [-0.05, 0) is 45.0 Å². The third-order valence-corrected chi connectivity index (χ3v) is 4.21. The molecule has 1 aliphatic rings. The third kappa shape index (κ3) is 2.71. The molecule has 0 aliphatic carbocycles. The Hall–Kier alpha value is -1.22. The predicted octanol–water partition coefficient (Wildman–Crippen LogP) is 3.69. The third-order valence-electron chi connectivity index (χ3n) is 4.21. The zero-order chi connectivity index (χ0) is 13.9. The smallest absolute Gasteiger partial charge is 0.125 e. The van der Waals surface area contributed by atoms with Crippen LogP contribution in [0.2, 0.25) is 0 Å². The molecule has 0 fully saturated rings. The normalized spacial score (nSPS) is 20.5. The Labute approximate surface area is 116 Å². The molecular formula is C16H25NO2. The maximum Gasteiger partial charge on any atom is 0.125 e. The van der Waals surface area contributed by atoms with Gasteiger partial charge in [0.2, 0.25) is 0 Å². The first-order chi connectivity index (χ1) is 9.18. The Morgan fingerprint density at radius 1 is 1.32 bits per heavy atom. The fourth-order valence-electron chi connectivity index (χ4n) is 2.85. The Kier molecular flexibility index (Phi) is 4.35. The number of fused-ring (bicyclic) bond motifs is 1. The SMILES string of the molecule is CCOc1ccc2c(c1)C(NC)CC(CC)(CC)O2. The van der Waals surface area contributed by atoms with Crippen molar-refractivity contribution in [3.05, 3.63) is 23.8 Å². The fraction of sp³-hybridized carbons (Fsp3) is 0.625. The zero-order valence-electron chi connectivity index (χ0n) is 12.5. The van der Waals surface area contributed by atoms with Crippen LogP contribution < -0.4 is 14.8 Å². The van der Waals surface area contributed by atoms with E-state index in [1.54, 1.807) is 0 Å². The summed E-state index contributed by atoms with van der Waals surface area (Å²) in [7, 11) is 2.02. The van der Waals surface area contributed by atoms with Crippen LogP contribution in [0.5, 0.6) is 11.5 Å². The average Bonchev–Trinajstić information content (AvgIpc) is 2.46. The van der Waals surface area contributed by atoms with Gasteiger partial charge in [0, 0.05) is 18.0 Å². The van der Waals surface area contributed by atoms with E-state index < -0.39 is 0 Å². The Morgan fingerprint density at radius 2 is 2.05 bits per heavy atom. The van der Waals surface area contributed by atoms with E-state index in [2.05, 4.69) is 25.2 Å². The second-order valence-electron chi connectivity index (χ2n) is 5.17. The van der Waals surface area contributed by atoms with Gasteiger partial charge in [-0.15, -0.1) is 0 Å². The van der Waals surface area contributed by atoms with Gasteiger partial charge >= 0.3 is 0 Å². The molecule has 1 unspecified atom stereocenters. The number of hydrogen-bond donors (Lipinski definition) is 1. The first kappa shape index (κ1) is 14.2. The first-order valence-electron chi connectivity index (χ1n) is 7.31. The lowest BCUT2D eigenvalue weighted by Gasteiger charge is -2.41. The molecular weight excluding hydrogens is 238 g/mol. The van der Waals surface area contributed by atoms with Crippen molar-refractivity contribution in [2.45, 2.75) is 51.7 Å². The van der Waals surface area contributed by atoms with E-state index in [9.17, 15) is 0 Å². The summed E-state index contributed by atoms with van der Waals surface area (Å²) in [5.41, 5.74) is 1.18. The van der Waals surface area contributed by atoms with Gasteiger partial charge in [-0.2, -0.15) is 0 Å². The quantitative estimate of drug-likeness (QED) is 0.879. The second kappa shape index (κ2) is 5.83. The molecule has 1 aliphatic heterocycles. The first-order valence-corrected chi connectivity index (χ1v) is 7.31. The minimum atomic E-state index is -0.0339. The van der Waals surface area contributed by atoms with Crippen molar-refractivity contribution in [1.29, 1.82) is 0 Å². The molecule has 0 aromatic heterocycles. The Bertz CT molecular complexity index is 427. The molecule has 1 atom stereocenters. The van der Waals surface area contributed by atoms with E-state index in [4.69, 9.17) is 9.47 Å². The maximum atomic E-state index is 6.29. The van der Waals surface area contributed by atoms with Gasteiger partial charge < -0.3 is 14.8 Å². The predicted molar refractivity (Wildman–Crippen MR) is 78.0 cm³/mol. The lowest BCUT2D eigenvalue weighted by Crippen LogP contribution is -2.42. The van der Waals surface area contributed by atoms with Crippen molar-refractivity contribution < 1.29 is 9.47 Å². The highest BCUT2D eigenvalue weighted by atomic mass is 16.5. The van der Waals surface area contributed by atoms with E-state index >= 15 is 0 Å². The Morgan fingerprint density at radius 3 is 2.63 bits per heavy atom. The summed E-state index contributed by atoms with van der Waals surface area (Å²) in [5.74, 6) is 1.92. The van der Waals surface area contributed by atoms with Crippen LogP contribution in [-0.2, 0) is 0 Å². The van der Waals surface area contributed by atoms with E-state index in [1.807, 2.05) is 26.1 Å². The van der Waals surface area contributed by atoms with Crippen molar-refractivity contribution in [1.82, 2.24) is 5.32 Å². The summed E-state index contributed by atoms with van der Waals surface area (Å²) in [5, 5.41) is 3.42. The van der Waals surface area contributed by atoms with Gasteiger partial charge in [-0.3, -0.25) is 0 Å². The average molecular weight is 263 g/mol. The molecule has 1 N–H and O–H groups in total. The molecule has 0 spiro atoms. The molecule has 0 saturated carbocycles. The molecule has 3 nitrogen and oxygen atoms in total. The van der Waals surface area contributed by atoms with Crippen molar-refractivity contribution in [3.63, 3.8) is 0 Å². The number of ether oxygens (including phenoxy) is 2. The molecule has 2 rings (SSSR count). The van der Waals surface area contributed by atoms with Crippen molar-refractivity contribution in [2.24, 2.45) is 0 Å². The molecule has 1 aromatic carbocycles. The van der Waals surface area contributed by atoms with Crippen LogP contribution >= 0.6 is 0 Å². The highest BCUT2D eigenvalue weighted by Gasteiger charge is 2.37. The highest BCUT2D eigenvalue weighted by Crippen LogP contribution is 2.43. The lowest BCUT2D eigenvalue weighted by atomic mass is 9.83. The number of nitrogens with one attached hydrogen (secondary N) is 1. The minimum absolute atomic E-state index is 0.0339. The van der Waals surface area contributed by atoms with Crippen LogP contribution in [-0.4, -0.2) is 19.3 Å². The number of hydrogen-bond acceptors (Lipinski definition) is 3. The van der Waals surface area contributed by atoms with Crippen LogP contribution in [0.1, 0.15) is 51.6 Å². The molecule has 0 saturated heterocycles. The second-order valence-corrected chi connectivity index (χ2v) is 5.17. The molecule has 0 bridgehead atoms. The van der Waals surface area contributed by atoms with Crippen LogP contribution in [0.3, 0.4) is 0 Å². The van der Waals surface area contributed by atoms with Gasteiger partial charge in [0.15, 0.2) is 0 Å². The van der Waals surface area contributed by atoms with Gasteiger partial charge in [0.1, 0.15) is 17.1 Å². The topological polar surface area (TPSA) is 30.5 Å². The molecule has 1 heterocycles. The van der Waals surface area contributed by atoms with E-state index in [0.29, 0.717) is 12.6 Å². The molecule has 0 amide bonds. The number of rotatable bonds is 5. The summed E-state index contributed by atoms with van der Waals surface area (Å²) in [6, 6.07) is 6.49. The molecule has 3 heteroatoms. The summed E-state index contributed by atoms with van der Waals surface area (Å²) in [6.45, 7) is 7.11. The lowest BCUT2D eigenvalue weighted by molar-refractivity contribution is 0.0237. The Balaban J connectivity index is 2.36. The highest BCUT2D eigenvalue weighted by molar-refractivity contribution is 5.44. The van der Waals surface area contributed by atoms with Crippen LogP contribution in [0.25, 0.3) is 0 Å². The summed E-state index contributed by atoms with van der Waals surface area (Å²) >= 11 is 0.